The third-order valence-corrected chi connectivity index (χ3v) is 5.85. The van der Waals surface area contributed by atoms with Gasteiger partial charge in [-0.15, -0.1) is 0 Å². The van der Waals surface area contributed by atoms with Gasteiger partial charge in [0.2, 0.25) is 5.95 Å². The Morgan fingerprint density at radius 3 is 2.59 bits per heavy atom. The number of likely N-dealkylation sites (tertiary alicyclic amines) is 1. The molecule has 2 aliphatic rings. The number of carbonyl (C=O) groups excluding carboxylic acids is 1. The lowest BCUT2D eigenvalue weighted by Gasteiger charge is -2.53. The molecule has 1 amide bonds. The number of benzene rings is 1. The van der Waals surface area contributed by atoms with Crippen LogP contribution in [0.4, 0.5) is 23.5 Å². The van der Waals surface area contributed by atoms with Gasteiger partial charge in [-0.1, -0.05) is 0 Å². The van der Waals surface area contributed by atoms with Gasteiger partial charge in [-0.2, -0.15) is 28.2 Å². The first-order chi connectivity index (χ1) is 15.3. The van der Waals surface area contributed by atoms with Crippen LogP contribution in [-0.4, -0.2) is 61.4 Å². The van der Waals surface area contributed by atoms with E-state index in [9.17, 15) is 22.4 Å². The second kappa shape index (κ2) is 7.53. The topological polar surface area (TPSA) is 80.0 Å². The predicted octanol–water partition coefficient (Wildman–Crippen LogP) is 2.57. The minimum absolute atomic E-state index is 0.0234. The summed E-state index contributed by atoms with van der Waals surface area (Å²) < 4.78 is 53.0. The van der Waals surface area contributed by atoms with Crippen molar-refractivity contribution in [1.82, 2.24) is 29.9 Å². The molecule has 32 heavy (non-hydrogen) atoms. The Balaban J connectivity index is 1.38. The maximum absolute atomic E-state index is 13.9. The summed E-state index contributed by atoms with van der Waals surface area (Å²) in [5.74, 6) is -0.764. The Hall–Kier alpha value is -3.57. The zero-order valence-corrected chi connectivity index (χ0v) is 16.6. The summed E-state index contributed by atoms with van der Waals surface area (Å²) in [6.07, 6.45) is 0.0985. The Morgan fingerprint density at radius 2 is 1.84 bits per heavy atom. The van der Waals surface area contributed by atoms with Crippen molar-refractivity contribution in [2.75, 3.05) is 24.5 Å². The van der Waals surface area contributed by atoms with Crippen molar-refractivity contribution in [3.8, 4) is 5.69 Å². The van der Waals surface area contributed by atoms with E-state index in [0.29, 0.717) is 31.7 Å². The van der Waals surface area contributed by atoms with E-state index in [1.165, 1.54) is 29.3 Å². The molecule has 0 saturated carbocycles. The van der Waals surface area contributed by atoms with E-state index in [1.807, 2.05) is 0 Å². The summed E-state index contributed by atoms with van der Waals surface area (Å²) in [5, 5.41) is 8.04. The Kier molecular flexibility index (Phi) is 4.79. The zero-order valence-electron chi connectivity index (χ0n) is 16.6. The highest BCUT2D eigenvalue weighted by Gasteiger charge is 2.46. The molecule has 4 heterocycles. The molecule has 2 unspecified atom stereocenters. The molecule has 2 saturated heterocycles. The van der Waals surface area contributed by atoms with Crippen molar-refractivity contribution in [2.45, 2.75) is 18.6 Å². The maximum Gasteiger partial charge on any atom is 0.433 e. The van der Waals surface area contributed by atoms with Crippen molar-refractivity contribution in [3.63, 3.8) is 0 Å². The van der Waals surface area contributed by atoms with Crippen molar-refractivity contribution in [1.29, 1.82) is 0 Å². The van der Waals surface area contributed by atoms with Gasteiger partial charge in [0.15, 0.2) is 0 Å². The molecule has 166 valence electrons. The SMILES string of the molecule is O=C(c1cc(F)ccc1-n1nccn1)N1CC2CCN(c3nccc(C(F)(F)F)n3)CC21. The first kappa shape index (κ1) is 20.3. The molecular formula is C20H17F4N7O. The number of fused-ring (bicyclic) bond motifs is 1. The van der Waals surface area contributed by atoms with Gasteiger partial charge in [-0.05, 0) is 30.7 Å². The van der Waals surface area contributed by atoms with E-state index in [-0.39, 0.29) is 29.4 Å². The molecule has 0 N–H and O–H groups in total. The smallest absolute Gasteiger partial charge is 0.339 e. The molecular weight excluding hydrogens is 430 g/mol. The van der Waals surface area contributed by atoms with Crippen LogP contribution in [0.2, 0.25) is 0 Å². The van der Waals surface area contributed by atoms with Crippen LogP contribution in [-0.2, 0) is 6.18 Å². The normalized spacial score (nSPS) is 20.6. The Morgan fingerprint density at radius 1 is 1.06 bits per heavy atom. The number of anilines is 1. The summed E-state index contributed by atoms with van der Waals surface area (Å²) in [4.78, 5) is 25.4. The van der Waals surface area contributed by atoms with E-state index in [4.69, 9.17) is 0 Å². The second-order valence-corrected chi connectivity index (χ2v) is 7.74. The molecule has 5 rings (SSSR count). The van der Waals surface area contributed by atoms with Crippen molar-refractivity contribution >= 4 is 11.9 Å². The second-order valence-electron chi connectivity index (χ2n) is 7.74. The zero-order chi connectivity index (χ0) is 22.5. The lowest BCUT2D eigenvalue weighted by molar-refractivity contribution is -0.141. The average molecular weight is 447 g/mol. The Bertz CT molecular complexity index is 1150. The number of amides is 1. The van der Waals surface area contributed by atoms with Gasteiger partial charge in [0, 0.05) is 31.7 Å². The van der Waals surface area contributed by atoms with Crippen LogP contribution in [0.1, 0.15) is 22.5 Å². The average Bonchev–Trinajstić information content (AvgIpc) is 3.28. The standard InChI is InChI=1S/C20H17F4N7O/c21-13-1-2-15(31-26-6-7-27-31)14(9-13)18(32)30-10-12-4-8-29(11-16(12)30)19-25-5-3-17(28-19)20(22,23)24/h1-3,5-7,9,12,16H,4,8,10-11H2. The number of piperidine rings is 1. The minimum Gasteiger partial charge on any atom is -0.339 e. The molecule has 2 aromatic heterocycles. The molecule has 2 atom stereocenters. The summed E-state index contributed by atoms with van der Waals surface area (Å²) >= 11 is 0. The largest absolute Gasteiger partial charge is 0.433 e. The van der Waals surface area contributed by atoms with Gasteiger partial charge < -0.3 is 9.80 Å². The lowest BCUT2D eigenvalue weighted by atomic mass is 9.81. The van der Waals surface area contributed by atoms with Crippen molar-refractivity contribution < 1.29 is 22.4 Å². The number of rotatable bonds is 3. The van der Waals surface area contributed by atoms with E-state index in [1.54, 1.807) is 9.80 Å². The molecule has 1 aromatic carbocycles. The van der Waals surface area contributed by atoms with Crippen molar-refractivity contribution in [3.05, 3.63) is 59.9 Å². The van der Waals surface area contributed by atoms with Gasteiger partial charge in [-0.25, -0.2) is 14.4 Å². The van der Waals surface area contributed by atoms with Crippen LogP contribution >= 0.6 is 0 Å². The quantitative estimate of drug-likeness (QED) is 0.575. The molecule has 0 radical (unpaired) electrons. The fraction of sp³-hybridized carbons (Fsp3) is 0.350. The summed E-state index contributed by atoms with van der Waals surface area (Å²) in [7, 11) is 0. The predicted molar refractivity (Wildman–Crippen MR) is 103 cm³/mol. The van der Waals surface area contributed by atoms with Crippen LogP contribution in [0, 0.1) is 11.7 Å². The molecule has 0 aliphatic carbocycles. The summed E-state index contributed by atoms with van der Waals surface area (Å²) in [6, 6.07) is 4.39. The van der Waals surface area contributed by atoms with Crippen LogP contribution in [0.25, 0.3) is 5.69 Å². The fourth-order valence-electron chi connectivity index (χ4n) is 4.22. The van der Waals surface area contributed by atoms with Crippen LogP contribution in [0.15, 0.2) is 42.9 Å². The number of alkyl halides is 3. The van der Waals surface area contributed by atoms with Crippen molar-refractivity contribution in [2.24, 2.45) is 5.92 Å². The summed E-state index contributed by atoms with van der Waals surface area (Å²) in [6.45, 7) is 1.28. The number of nitrogens with zero attached hydrogens (tertiary/aromatic N) is 7. The van der Waals surface area contributed by atoms with E-state index < -0.39 is 17.7 Å². The minimum atomic E-state index is -4.57. The fourth-order valence-corrected chi connectivity index (χ4v) is 4.22. The Labute approximate surface area is 179 Å². The lowest BCUT2D eigenvalue weighted by Crippen LogP contribution is -2.66. The molecule has 3 aromatic rings. The highest BCUT2D eigenvalue weighted by atomic mass is 19.4. The molecule has 12 heteroatoms. The molecule has 0 spiro atoms. The molecule has 2 aliphatic heterocycles. The third kappa shape index (κ3) is 3.55. The number of aromatic nitrogens is 5. The van der Waals surface area contributed by atoms with E-state index in [0.717, 1.165) is 18.3 Å². The maximum atomic E-state index is 13.9. The highest BCUT2D eigenvalue weighted by Crippen LogP contribution is 2.36. The number of carbonyl (C=O) groups is 1. The van der Waals surface area contributed by atoms with Gasteiger partial charge >= 0.3 is 6.18 Å². The number of halogens is 4. The van der Waals surface area contributed by atoms with Gasteiger partial charge in [-0.3, -0.25) is 4.79 Å². The van der Waals surface area contributed by atoms with Gasteiger partial charge in [0.1, 0.15) is 11.5 Å². The first-order valence-corrected chi connectivity index (χ1v) is 9.93. The van der Waals surface area contributed by atoms with E-state index in [2.05, 4.69) is 20.2 Å². The van der Waals surface area contributed by atoms with Crippen LogP contribution in [0.3, 0.4) is 0 Å². The molecule has 2 fully saturated rings. The summed E-state index contributed by atoms with van der Waals surface area (Å²) in [5.41, 5.74) is -0.548. The van der Waals surface area contributed by atoms with E-state index >= 15 is 0 Å². The third-order valence-electron chi connectivity index (χ3n) is 5.85. The highest BCUT2D eigenvalue weighted by molar-refractivity contribution is 5.98. The number of hydrogen-bond acceptors (Lipinski definition) is 6. The van der Waals surface area contributed by atoms with Gasteiger partial charge in [0.25, 0.3) is 5.91 Å². The molecule has 0 bridgehead atoms. The first-order valence-electron chi connectivity index (χ1n) is 9.93. The van der Waals surface area contributed by atoms with Crippen LogP contribution < -0.4 is 4.90 Å². The monoisotopic (exact) mass is 447 g/mol. The number of hydrogen-bond donors (Lipinski definition) is 0. The van der Waals surface area contributed by atoms with Crippen LogP contribution in [0.5, 0.6) is 0 Å². The molecule has 8 nitrogen and oxygen atoms in total. The van der Waals surface area contributed by atoms with Gasteiger partial charge in [0.05, 0.1) is 29.7 Å².